The van der Waals surface area contributed by atoms with E-state index in [0.29, 0.717) is 6.04 Å². The molecule has 1 atom stereocenters. The molecule has 2 amide bonds. The first-order valence-corrected chi connectivity index (χ1v) is 6.67. The Morgan fingerprint density at radius 2 is 1.83 bits per heavy atom. The van der Waals surface area contributed by atoms with Crippen molar-refractivity contribution in [1.29, 1.82) is 0 Å². The predicted octanol–water partition coefficient (Wildman–Crippen LogP) is 1.50. The van der Waals surface area contributed by atoms with Crippen molar-refractivity contribution in [3.8, 4) is 0 Å². The van der Waals surface area contributed by atoms with Crippen molar-refractivity contribution in [2.75, 3.05) is 19.6 Å². The van der Waals surface area contributed by atoms with E-state index in [0.717, 1.165) is 32.5 Å². The van der Waals surface area contributed by atoms with E-state index in [1.165, 1.54) is 5.56 Å². The van der Waals surface area contributed by atoms with Crippen molar-refractivity contribution < 1.29 is 4.79 Å². The lowest BCUT2D eigenvalue weighted by atomic mass is 10.0. The van der Waals surface area contributed by atoms with Gasteiger partial charge in [-0.1, -0.05) is 30.3 Å². The largest absolute Gasteiger partial charge is 0.329 e. The second kappa shape index (κ2) is 4.98. The van der Waals surface area contributed by atoms with E-state index in [-0.39, 0.29) is 12.1 Å². The van der Waals surface area contributed by atoms with E-state index >= 15 is 0 Å². The molecule has 4 nitrogen and oxygen atoms in total. The smallest absolute Gasteiger partial charge is 0.318 e. The fourth-order valence-corrected chi connectivity index (χ4v) is 2.86. The molecule has 2 aliphatic rings. The van der Waals surface area contributed by atoms with Gasteiger partial charge in [0.2, 0.25) is 0 Å². The third-order valence-electron chi connectivity index (χ3n) is 3.89. The van der Waals surface area contributed by atoms with E-state index in [9.17, 15) is 4.79 Å². The Hall–Kier alpha value is -1.55. The standard InChI is InChI=1S/C14H19N3O/c18-14-16-13(11-4-2-1-3-5-11)10-17(14)12-6-8-15-9-7-12/h1-5,12-13,15H,6-10H2,(H,16,18)/t13-/m0/s1. The van der Waals surface area contributed by atoms with Gasteiger partial charge in [-0.15, -0.1) is 0 Å². The van der Waals surface area contributed by atoms with E-state index in [4.69, 9.17) is 0 Å². The SMILES string of the molecule is O=C1N[C@H](c2ccccc2)CN1C1CCNCC1. The van der Waals surface area contributed by atoms with Crippen molar-refractivity contribution >= 4 is 6.03 Å². The molecular weight excluding hydrogens is 226 g/mol. The quantitative estimate of drug-likeness (QED) is 0.829. The van der Waals surface area contributed by atoms with Crippen molar-refractivity contribution in [1.82, 2.24) is 15.5 Å². The van der Waals surface area contributed by atoms with Crippen LogP contribution >= 0.6 is 0 Å². The highest BCUT2D eigenvalue weighted by molar-refractivity contribution is 5.77. The molecule has 0 radical (unpaired) electrons. The molecule has 4 heteroatoms. The first-order chi connectivity index (χ1) is 8.84. The van der Waals surface area contributed by atoms with Crippen LogP contribution in [-0.2, 0) is 0 Å². The molecule has 1 aromatic rings. The Kier molecular flexibility index (Phi) is 3.19. The molecule has 0 aliphatic carbocycles. The lowest BCUT2D eigenvalue weighted by molar-refractivity contribution is 0.182. The first-order valence-electron chi connectivity index (χ1n) is 6.67. The van der Waals surface area contributed by atoms with Crippen molar-refractivity contribution in [3.05, 3.63) is 35.9 Å². The molecule has 2 aliphatic heterocycles. The maximum Gasteiger partial charge on any atom is 0.318 e. The fraction of sp³-hybridized carbons (Fsp3) is 0.500. The lowest BCUT2D eigenvalue weighted by Gasteiger charge is -2.30. The summed E-state index contributed by atoms with van der Waals surface area (Å²) in [5.41, 5.74) is 1.20. The van der Waals surface area contributed by atoms with Gasteiger partial charge < -0.3 is 15.5 Å². The summed E-state index contributed by atoms with van der Waals surface area (Å²) in [6.45, 7) is 2.84. The van der Waals surface area contributed by atoms with Gasteiger partial charge in [0.05, 0.1) is 6.04 Å². The van der Waals surface area contributed by atoms with Crippen LogP contribution in [-0.4, -0.2) is 36.6 Å². The number of rotatable bonds is 2. The highest BCUT2D eigenvalue weighted by Gasteiger charge is 2.34. The molecule has 0 spiro atoms. The van der Waals surface area contributed by atoms with Crippen molar-refractivity contribution in [2.45, 2.75) is 24.9 Å². The summed E-state index contributed by atoms with van der Waals surface area (Å²) in [5.74, 6) is 0. The zero-order valence-corrected chi connectivity index (χ0v) is 10.4. The molecule has 1 aromatic carbocycles. The number of amides is 2. The maximum absolute atomic E-state index is 12.1. The number of carbonyl (C=O) groups is 1. The molecule has 2 N–H and O–H groups in total. The summed E-state index contributed by atoms with van der Waals surface area (Å²) < 4.78 is 0. The molecule has 96 valence electrons. The molecule has 2 saturated heterocycles. The van der Waals surface area contributed by atoms with Crippen LogP contribution in [0.25, 0.3) is 0 Å². The van der Waals surface area contributed by atoms with Gasteiger partial charge in [-0.2, -0.15) is 0 Å². The molecule has 18 heavy (non-hydrogen) atoms. The zero-order valence-electron chi connectivity index (χ0n) is 10.4. The Balaban J connectivity index is 1.70. The average Bonchev–Trinajstić information content (AvgIpc) is 2.83. The first kappa shape index (κ1) is 11.5. The third-order valence-corrected chi connectivity index (χ3v) is 3.89. The van der Waals surface area contributed by atoms with Crippen LogP contribution in [0.5, 0.6) is 0 Å². The van der Waals surface area contributed by atoms with E-state index in [2.05, 4.69) is 22.8 Å². The minimum Gasteiger partial charge on any atom is -0.329 e. The van der Waals surface area contributed by atoms with Crippen LogP contribution in [0, 0.1) is 0 Å². The Labute approximate surface area is 107 Å². The summed E-state index contributed by atoms with van der Waals surface area (Å²) in [5, 5.41) is 6.42. The number of urea groups is 1. The van der Waals surface area contributed by atoms with Crippen LogP contribution in [0.1, 0.15) is 24.4 Å². The summed E-state index contributed by atoms with van der Waals surface area (Å²) in [6, 6.07) is 10.9. The molecule has 0 aromatic heterocycles. The van der Waals surface area contributed by atoms with E-state index in [1.807, 2.05) is 23.1 Å². The van der Waals surface area contributed by atoms with Crippen molar-refractivity contribution in [3.63, 3.8) is 0 Å². The normalized spacial score (nSPS) is 25.2. The highest BCUT2D eigenvalue weighted by Crippen LogP contribution is 2.24. The van der Waals surface area contributed by atoms with Gasteiger partial charge >= 0.3 is 6.03 Å². The number of hydrogen-bond acceptors (Lipinski definition) is 2. The van der Waals surface area contributed by atoms with Crippen LogP contribution in [0.3, 0.4) is 0 Å². The number of nitrogens with zero attached hydrogens (tertiary/aromatic N) is 1. The van der Waals surface area contributed by atoms with Crippen LogP contribution in [0.15, 0.2) is 30.3 Å². The maximum atomic E-state index is 12.1. The lowest BCUT2D eigenvalue weighted by Crippen LogP contribution is -2.44. The minimum absolute atomic E-state index is 0.0933. The van der Waals surface area contributed by atoms with Crippen LogP contribution in [0.4, 0.5) is 4.79 Å². The van der Waals surface area contributed by atoms with Gasteiger partial charge in [0, 0.05) is 12.6 Å². The topological polar surface area (TPSA) is 44.4 Å². The second-order valence-electron chi connectivity index (χ2n) is 5.05. The van der Waals surface area contributed by atoms with E-state index < -0.39 is 0 Å². The third kappa shape index (κ3) is 2.20. The summed E-state index contributed by atoms with van der Waals surface area (Å²) in [6.07, 6.45) is 2.13. The van der Waals surface area contributed by atoms with Crippen LogP contribution < -0.4 is 10.6 Å². The molecule has 2 heterocycles. The molecular formula is C14H19N3O. The molecule has 0 unspecified atom stereocenters. The number of carbonyl (C=O) groups excluding carboxylic acids is 1. The van der Waals surface area contributed by atoms with Gasteiger partial charge in [-0.25, -0.2) is 4.79 Å². The monoisotopic (exact) mass is 245 g/mol. The molecule has 3 rings (SSSR count). The summed E-state index contributed by atoms with van der Waals surface area (Å²) >= 11 is 0. The Bertz CT molecular complexity index is 414. The van der Waals surface area contributed by atoms with Crippen LogP contribution in [0.2, 0.25) is 0 Å². The van der Waals surface area contributed by atoms with Crippen molar-refractivity contribution in [2.24, 2.45) is 0 Å². The Morgan fingerprint density at radius 3 is 2.56 bits per heavy atom. The highest BCUT2D eigenvalue weighted by atomic mass is 16.2. The predicted molar refractivity (Wildman–Crippen MR) is 70.3 cm³/mol. The minimum atomic E-state index is 0.0933. The van der Waals surface area contributed by atoms with Gasteiger partial charge in [-0.3, -0.25) is 0 Å². The summed E-state index contributed by atoms with van der Waals surface area (Å²) in [4.78, 5) is 14.1. The van der Waals surface area contributed by atoms with E-state index in [1.54, 1.807) is 0 Å². The number of benzene rings is 1. The van der Waals surface area contributed by atoms with Gasteiger partial charge in [-0.05, 0) is 31.5 Å². The Morgan fingerprint density at radius 1 is 1.11 bits per heavy atom. The van der Waals surface area contributed by atoms with Gasteiger partial charge in [0.15, 0.2) is 0 Å². The average molecular weight is 245 g/mol. The molecule has 0 bridgehead atoms. The zero-order chi connectivity index (χ0) is 12.4. The van der Waals surface area contributed by atoms with Gasteiger partial charge in [0.25, 0.3) is 0 Å². The molecule has 2 fully saturated rings. The fourth-order valence-electron chi connectivity index (χ4n) is 2.86. The molecule has 0 saturated carbocycles. The number of piperidine rings is 1. The van der Waals surface area contributed by atoms with Gasteiger partial charge in [0.1, 0.15) is 0 Å². The summed E-state index contributed by atoms with van der Waals surface area (Å²) in [7, 11) is 0. The number of nitrogens with one attached hydrogen (secondary N) is 2. The second-order valence-corrected chi connectivity index (χ2v) is 5.05. The number of hydrogen-bond donors (Lipinski definition) is 2.